The van der Waals surface area contributed by atoms with Gasteiger partial charge in [0.05, 0.1) is 11.7 Å². The maximum absolute atomic E-state index is 7.58. The lowest BCUT2D eigenvalue weighted by Crippen LogP contribution is -2.09. The van der Waals surface area contributed by atoms with Crippen LogP contribution in [0.2, 0.25) is 0 Å². The summed E-state index contributed by atoms with van der Waals surface area (Å²) in [5, 5.41) is 19.2. The van der Waals surface area contributed by atoms with E-state index in [-0.39, 0.29) is 0 Å². The van der Waals surface area contributed by atoms with E-state index < -0.39 is 0 Å². The topological polar surface area (TPSA) is 103 Å². The van der Waals surface area contributed by atoms with Crippen molar-refractivity contribution in [2.45, 2.75) is 6.42 Å². The van der Waals surface area contributed by atoms with Gasteiger partial charge in [0.2, 0.25) is 0 Å². The molecule has 0 fully saturated rings. The summed E-state index contributed by atoms with van der Waals surface area (Å²) in [6, 6.07) is 20.7. The van der Waals surface area contributed by atoms with Crippen molar-refractivity contribution in [1.82, 2.24) is 15.2 Å². The molecule has 0 amide bonds. The molecule has 154 valence electrons. The number of aromatic nitrogens is 3. The van der Waals surface area contributed by atoms with Gasteiger partial charge >= 0.3 is 0 Å². The molecular formula is C26H20N6. The normalized spacial score (nSPS) is 12.1. The quantitative estimate of drug-likeness (QED) is 0.225. The maximum atomic E-state index is 7.58. The zero-order valence-electron chi connectivity index (χ0n) is 17.2. The third-order valence-corrected chi connectivity index (χ3v) is 6.06. The SMILES string of the molecule is N=Cc1cc(-c2ccc3c(c2)Cc2cc(-c4ccc5[nH]ncc5c4)cnc2N3)ccc1N. The number of nitrogens with one attached hydrogen (secondary N) is 3. The van der Waals surface area contributed by atoms with Crippen LogP contribution >= 0.6 is 0 Å². The Morgan fingerprint density at radius 3 is 2.53 bits per heavy atom. The number of pyridine rings is 1. The van der Waals surface area contributed by atoms with Crippen LogP contribution in [0.1, 0.15) is 16.7 Å². The summed E-state index contributed by atoms with van der Waals surface area (Å²) in [5.41, 5.74) is 16.1. The zero-order chi connectivity index (χ0) is 21.7. The Labute approximate surface area is 184 Å². The van der Waals surface area contributed by atoms with Gasteiger partial charge in [0, 0.05) is 46.7 Å². The highest BCUT2D eigenvalue weighted by atomic mass is 15.1. The molecule has 3 heterocycles. The Kier molecular flexibility index (Phi) is 4.04. The number of nitrogens with two attached hydrogens (primary N) is 1. The van der Waals surface area contributed by atoms with Gasteiger partial charge in [0.15, 0.2) is 0 Å². The first kappa shape index (κ1) is 18.3. The number of H-pyrrole nitrogens is 1. The Hall–Kier alpha value is -4.45. The fourth-order valence-corrected chi connectivity index (χ4v) is 4.29. The molecule has 0 atom stereocenters. The predicted octanol–water partition coefficient (Wildman–Crippen LogP) is 5.52. The van der Waals surface area contributed by atoms with Gasteiger partial charge in [-0.3, -0.25) is 5.10 Å². The highest BCUT2D eigenvalue weighted by Crippen LogP contribution is 2.36. The van der Waals surface area contributed by atoms with Crippen LogP contribution < -0.4 is 11.1 Å². The van der Waals surface area contributed by atoms with Gasteiger partial charge in [-0.15, -0.1) is 0 Å². The standard InChI is InChI=1S/C26H20N6/c27-12-20-8-15(1-4-23(20)28)16-2-5-24-18(7-16)10-19-11-21(13-29-26(19)31-24)17-3-6-25-22(9-17)14-30-32-25/h1-9,11-14,27H,10,28H2,(H,29,31)(H,30,32). The molecule has 32 heavy (non-hydrogen) atoms. The summed E-state index contributed by atoms with van der Waals surface area (Å²) in [6.07, 6.45) is 5.85. The number of hydrogen-bond donors (Lipinski definition) is 4. The van der Waals surface area contributed by atoms with Gasteiger partial charge in [-0.1, -0.05) is 18.2 Å². The van der Waals surface area contributed by atoms with Crippen molar-refractivity contribution in [1.29, 1.82) is 5.41 Å². The van der Waals surface area contributed by atoms with Crippen LogP contribution in [-0.2, 0) is 6.42 Å². The minimum Gasteiger partial charge on any atom is -0.398 e. The van der Waals surface area contributed by atoms with Crippen molar-refractivity contribution < 1.29 is 0 Å². The van der Waals surface area contributed by atoms with Crippen molar-refractivity contribution >= 4 is 34.3 Å². The fourth-order valence-electron chi connectivity index (χ4n) is 4.29. The van der Waals surface area contributed by atoms with Crippen LogP contribution in [0.15, 0.2) is 73.1 Å². The van der Waals surface area contributed by atoms with E-state index in [1.165, 1.54) is 11.8 Å². The Balaban J connectivity index is 1.36. The largest absolute Gasteiger partial charge is 0.398 e. The van der Waals surface area contributed by atoms with E-state index in [1.54, 1.807) is 0 Å². The molecule has 0 unspecified atom stereocenters. The van der Waals surface area contributed by atoms with Crippen LogP contribution in [0.3, 0.4) is 0 Å². The molecule has 5 aromatic rings. The first-order chi connectivity index (χ1) is 15.7. The molecule has 6 heteroatoms. The van der Waals surface area contributed by atoms with Gasteiger partial charge in [-0.05, 0) is 70.3 Å². The molecule has 6 rings (SSSR count). The van der Waals surface area contributed by atoms with E-state index in [4.69, 9.17) is 16.1 Å². The second kappa shape index (κ2) is 7.06. The van der Waals surface area contributed by atoms with Crippen molar-refractivity contribution in [3.05, 3.63) is 89.7 Å². The van der Waals surface area contributed by atoms with Gasteiger partial charge in [-0.25, -0.2) is 4.98 Å². The average Bonchev–Trinajstić information content (AvgIpc) is 3.30. The van der Waals surface area contributed by atoms with Crippen molar-refractivity contribution in [3.63, 3.8) is 0 Å². The zero-order valence-corrected chi connectivity index (χ0v) is 17.2. The molecule has 0 saturated heterocycles. The Bertz CT molecular complexity index is 1510. The number of hydrogen-bond acceptors (Lipinski definition) is 5. The van der Waals surface area contributed by atoms with Crippen molar-refractivity contribution in [2.75, 3.05) is 11.1 Å². The van der Waals surface area contributed by atoms with E-state index in [2.05, 4.69) is 51.9 Å². The second-order valence-electron chi connectivity index (χ2n) is 8.07. The average molecular weight is 416 g/mol. The summed E-state index contributed by atoms with van der Waals surface area (Å²) < 4.78 is 0. The Morgan fingerprint density at radius 2 is 1.62 bits per heavy atom. The summed E-state index contributed by atoms with van der Waals surface area (Å²) in [5.74, 6) is 0.900. The van der Waals surface area contributed by atoms with E-state index in [0.29, 0.717) is 5.69 Å². The van der Waals surface area contributed by atoms with Crippen LogP contribution in [0.25, 0.3) is 33.2 Å². The highest BCUT2D eigenvalue weighted by molar-refractivity contribution is 5.88. The summed E-state index contributed by atoms with van der Waals surface area (Å²) >= 11 is 0. The Morgan fingerprint density at radius 1 is 0.844 bits per heavy atom. The van der Waals surface area contributed by atoms with Gasteiger partial charge in [0.1, 0.15) is 5.82 Å². The number of fused-ring (bicyclic) bond motifs is 3. The number of nitrogen functional groups attached to an aromatic ring is 1. The third kappa shape index (κ3) is 3.01. The summed E-state index contributed by atoms with van der Waals surface area (Å²) in [7, 11) is 0. The summed E-state index contributed by atoms with van der Waals surface area (Å²) in [6.45, 7) is 0. The van der Waals surface area contributed by atoms with Crippen molar-refractivity contribution in [2.24, 2.45) is 0 Å². The highest BCUT2D eigenvalue weighted by Gasteiger charge is 2.18. The van der Waals surface area contributed by atoms with Crippen LogP contribution in [-0.4, -0.2) is 21.4 Å². The lowest BCUT2D eigenvalue weighted by Gasteiger charge is -2.22. The lowest BCUT2D eigenvalue weighted by molar-refractivity contribution is 1.11. The molecule has 5 N–H and O–H groups in total. The van der Waals surface area contributed by atoms with Gasteiger partial charge in [-0.2, -0.15) is 5.10 Å². The first-order valence-electron chi connectivity index (χ1n) is 10.4. The molecule has 0 spiro atoms. The number of rotatable bonds is 3. The second-order valence-corrected chi connectivity index (χ2v) is 8.07. The number of nitrogens with zero attached hydrogens (tertiary/aromatic N) is 2. The number of anilines is 3. The van der Waals surface area contributed by atoms with E-state index in [9.17, 15) is 0 Å². The van der Waals surface area contributed by atoms with Crippen LogP contribution in [0.5, 0.6) is 0 Å². The minimum absolute atomic E-state index is 0.615. The number of benzene rings is 3. The molecule has 0 saturated carbocycles. The van der Waals surface area contributed by atoms with Crippen LogP contribution in [0.4, 0.5) is 17.2 Å². The first-order valence-corrected chi connectivity index (χ1v) is 10.4. The molecule has 3 aromatic carbocycles. The molecule has 1 aliphatic heterocycles. The molecule has 0 radical (unpaired) electrons. The molecule has 6 nitrogen and oxygen atoms in total. The molecule has 0 bridgehead atoms. The van der Waals surface area contributed by atoms with E-state index >= 15 is 0 Å². The molecule has 2 aromatic heterocycles. The van der Waals surface area contributed by atoms with Gasteiger partial charge in [0.25, 0.3) is 0 Å². The van der Waals surface area contributed by atoms with Crippen LogP contribution in [0, 0.1) is 5.41 Å². The molecular weight excluding hydrogens is 396 g/mol. The predicted molar refractivity (Wildman–Crippen MR) is 130 cm³/mol. The number of aromatic amines is 1. The van der Waals surface area contributed by atoms with Crippen molar-refractivity contribution in [3.8, 4) is 22.3 Å². The van der Waals surface area contributed by atoms with Gasteiger partial charge < -0.3 is 16.5 Å². The molecule has 1 aliphatic rings. The fraction of sp³-hybridized carbons (Fsp3) is 0.0385. The minimum atomic E-state index is 0.615. The lowest BCUT2D eigenvalue weighted by atomic mass is 9.93. The van der Waals surface area contributed by atoms with E-state index in [1.807, 2.05) is 36.7 Å². The smallest absolute Gasteiger partial charge is 0.133 e. The molecule has 0 aliphatic carbocycles. The summed E-state index contributed by atoms with van der Waals surface area (Å²) in [4.78, 5) is 4.70. The maximum Gasteiger partial charge on any atom is 0.133 e. The van der Waals surface area contributed by atoms with E-state index in [0.717, 1.165) is 62.2 Å². The monoisotopic (exact) mass is 416 g/mol. The third-order valence-electron chi connectivity index (χ3n) is 6.06.